The molecule has 0 aromatic carbocycles. The molecule has 6 nitrogen and oxygen atoms in total. The van der Waals surface area contributed by atoms with Crippen LogP contribution in [0.3, 0.4) is 0 Å². The van der Waals surface area contributed by atoms with Crippen molar-refractivity contribution in [2.75, 3.05) is 26.2 Å². The lowest BCUT2D eigenvalue weighted by atomic mass is 10.0. The predicted molar refractivity (Wildman–Crippen MR) is 193 cm³/mol. The number of hydrogen-bond acceptors (Lipinski definition) is 6. The first kappa shape index (κ1) is 42.9. The second-order valence-corrected chi connectivity index (χ2v) is 14.3. The first-order valence-electron chi connectivity index (χ1n) is 20.3. The Morgan fingerprint density at radius 3 is 1.59 bits per heavy atom. The van der Waals surface area contributed by atoms with Crippen molar-refractivity contribution in [3.8, 4) is 0 Å². The Kier molecular flexibility index (Phi) is 29.0. The summed E-state index contributed by atoms with van der Waals surface area (Å²) in [4.78, 5) is 27.4. The highest BCUT2D eigenvalue weighted by Gasteiger charge is 2.33. The molecule has 0 aliphatic heterocycles. The number of nitrogens with zero attached hydrogens (tertiary/aromatic N) is 1. The number of unbranched alkanes of at least 4 members (excludes halogenated alkanes) is 16. The maximum atomic E-state index is 12.5. The first-order valence-corrected chi connectivity index (χ1v) is 20.3. The van der Waals surface area contributed by atoms with Crippen LogP contribution in [0.1, 0.15) is 201 Å². The quantitative estimate of drug-likeness (QED) is 0.0543. The van der Waals surface area contributed by atoms with Gasteiger partial charge < -0.3 is 19.5 Å². The summed E-state index contributed by atoms with van der Waals surface area (Å²) in [5.41, 5.74) is 0. The molecule has 46 heavy (non-hydrogen) atoms. The number of hydrogen-bond donors (Lipinski definition) is 1. The Bertz CT molecular complexity index is 697. The van der Waals surface area contributed by atoms with E-state index in [1.807, 2.05) is 0 Å². The zero-order valence-electron chi connectivity index (χ0n) is 30.9. The Morgan fingerprint density at radius 2 is 1.00 bits per heavy atom. The fraction of sp³-hybridized carbons (Fsp3) is 0.950. The fourth-order valence-electron chi connectivity index (χ4n) is 6.53. The van der Waals surface area contributed by atoms with Crippen LogP contribution in [0, 0.1) is 5.92 Å². The summed E-state index contributed by atoms with van der Waals surface area (Å²) >= 11 is 0. The minimum atomic E-state index is -0.00438. The molecule has 2 unspecified atom stereocenters. The van der Waals surface area contributed by atoms with Crippen LogP contribution in [0.2, 0.25) is 0 Å². The van der Waals surface area contributed by atoms with Gasteiger partial charge in [0.1, 0.15) is 12.2 Å². The van der Waals surface area contributed by atoms with Gasteiger partial charge in [-0.05, 0) is 96.1 Å². The first-order chi connectivity index (χ1) is 22.5. The fourth-order valence-corrected chi connectivity index (χ4v) is 6.53. The molecule has 272 valence electrons. The van der Waals surface area contributed by atoms with Crippen molar-refractivity contribution in [3.05, 3.63) is 0 Å². The van der Waals surface area contributed by atoms with E-state index in [-0.39, 0.29) is 30.8 Å². The summed E-state index contributed by atoms with van der Waals surface area (Å²) in [7, 11) is 0. The van der Waals surface area contributed by atoms with E-state index < -0.39 is 0 Å². The van der Waals surface area contributed by atoms with Crippen molar-refractivity contribution >= 4 is 11.9 Å². The summed E-state index contributed by atoms with van der Waals surface area (Å²) in [5.74, 6) is 0.610. The van der Waals surface area contributed by atoms with Crippen LogP contribution in [0.15, 0.2) is 0 Å². The van der Waals surface area contributed by atoms with Crippen molar-refractivity contribution in [1.29, 1.82) is 0 Å². The molecular weight excluding hydrogens is 574 g/mol. The van der Waals surface area contributed by atoms with Gasteiger partial charge in [0.05, 0.1) is 6.61 Å². The molecule has 6 heteroatoms. The van der Waals surface area contributed by atoms with Crippen molar-refractivity contribution in [1.82, 2.24) is 4.90 Å². The van der Waals surface area contributed by atoms with Crippen molar-refractivity contribution in [2.45, 2.75) is 213 Å². The highest BCUT2D eigenvalue weighted by atomic mass is 16.5. The van der Waals surface area contributed by atoms with E-state index in [1.165, 1.54) is 89.9 Å². The molecule has 0 heterocycles. The molecule has 1 aliphatic rings. The summed E-state index contributed by atoms with van der Waals surface area (Å²) in [5, 5.41) is 9.53. The third-order valence-electron chi connectivity index (χ3n) is 9.71. The van der Waals surface area contributed by atoms with Gasteiger partial charge in [-0.1, -0.05) is 111 Å². The van der Waals surface area contributed by atoms with Gasteiger partial charge in [-0.25, -0.2) is 0 Å². The summed E-state index contributed by atoms with van der Waals surface area (Å²) in [6, 6.07) is 0. The van der Waals surface area contributed by atoms with Gasteiger partial charge in [0.15, 0.2) is 0 Å². The lowest BCUT2D eigenvalue weighted by molar-refractivity contribution is -0.151. The Hall–Kier alpha value is -1.14. The largest absolute Gasteiger partial charge is 0.462 e. The maximum absolute atomic E-state index is 12.5. The highest BCUT2D eigenvalue weighted by Crippen LogP contribution is 2.37. The minimum Gasteiger partial charge on any atom is -0.462 e. The molecule has 0 bridgehead atoms. The molecule has 1 rings (SSSR count). The van der Waals surface area contributed by atoms with E-state index in [0.717, 1.165) is 90.1 Å². The predicted octanol–water partition coefficient (Wildman–Crippen LogP) is 10.7. The van der Waals surface area contributed by atoms with Gasteiger partial charge in [-0.2, -0.15) is 0 Å². The van der Waals surface area contributed by atoms with Crippen LogP contribution in [-0.2, 0) is 19.1 Å². The zero-order chi connectivity index (χ0) is 33.5. The molecule has 2 atom stereocenters. The average molecular weight is 652 g/mol. The van der Waals surface area contributed by atoms with Gasteiger partial charge in [-0.3, -0.25) is 9.59 Å². The topological polar surface area (TPSA) is 76.1 Å². The van der Waals surface area contributed by atoms with Gasteiger partial charge in [0.2, 0.25) is 0 Å². The van der Waals surface area contributed by atoms with Gasteiger partial charge in [0, 0.05) is 19.4 Å². The number of esters is 2. The van der Waals surface area contributed by atoms with Crippen LogP contribution < -0.4 is 0 Å². The van der Waals surface area contributed by atoms with Crippen LogP contribution in [0.5, 0.6) is 0 Å². The van der Waals surface area contributed by atoms with Crippen LogP contribution in [0.25, 0.3) is 0 Å². The van der Waals surface area contributed by atoms with E-state index in [0.29, 0.717) is 25.3 Å². The molecule has 0 spiro atoms. The molecule has 1 saturated carbocycles. The molecule has 0 aromatic heterocycles. The van der Waals surface area contributed by atoms with Crippen molar-refractivity contribution in [2.24, 2.45) is 5.92 Å². The second kappa shape index (κ2) is 31.1. The SMILES string of the molecule is CCCCCCCCC(OC(=O)CCCCCN(CCO)CCCCCCCC(=O)OC(CCCCC)CCCCCC)C1CC1. The smallest absolute Gasteiger partial charge is 0.306 e. The van der Waals surface area contributed by atoms with E-state index in [9.17, 15) is 14.7 Å². The number of carbonyl (C=O) groups is 2. The van der Waals surface area contributed by atoms with Crippen LogP contribution in [-0.4, -0.2) is 60.4 Å². The Labute approximate surface area is 285 Å². The number of rotatable bonds is 35. The summed E-state index contributed by atoms with van der Waals surface area (Å²) in [6.45, 7) is 9.58. The second-order valence-electron chi connectivity index (χ2n) is 14.3. The van der Waals surface area contributed by atoms with Gasteiger partial charge in [0.25, 0.3) is 0 Å². The van der Waals surface area contributed by atoms with E-state index >= 15 is 0 Å². The lowest BCUT2D eigenvalue weighted by Crippen LogP contribution is -2.29. The molecule has 0 amide bonds. The molecular formula is C40H77NO5. The summed E-state index contributed by atoms with van der Waals surface area (Å²) < 4.78 is 11.8. The monoisotopic (exact) mass is 652 g/mol. The normalized spacial score (nSPS) is 14.5. The molecule has 0 saturated heterocycles. The number of ether oxygens (including phenoxy) is 2. The molecule has 0 radical (unpaired) electrons. The van der Waals surface area contributed by atoms with Crippen LogP contribution in [0.4, 0.5) is 0 Å². The lowest BCUT2D eigenvalue weighted by Gasteiger charge is -2.21. The summed E-state index contributed by atoms with van der Waals surface area (Å²) in [6.07, 6.45) is 31.4. The molecule has 0 aromatic rings. The molecule has 1 aliphatic carbocycles. The third-order valence-corrected chi connectivity index (χ3v) is 9.71. The minimum absolute atomic E-state index is 0.00226. The van der Waals surface area contributed by atoms with E-state index in [4.69, 9.17) is 9.47 Å². The maximum Gasteiger partial charge on any atom is 0.306 e. The molecule has 1 N–H and O–H groups in total. The number of carbonyl (C=O) groups excluding carboxylic acids is 2. The van der Waals surface area contributed by atoms with Gasteiger partial charge >= 0.3 is 11.9 Å². The standard InChI is InChI=1S/C40H77NO5/c1-4-7-10-12-14-20-27-38(36-30-31-36)46-40(44)29-22-17-24-33-41(34-35-42)32-23-16-13-15-21-28-39(43)45-37(25-18-9-6-3)26-19-11-8-5-2/h36-38,42H,4-35H2,1-3H3. The van der Waals surface area contributed by atoms with Crippen LogP contribution >= 0.6 is 0 Å². The third kappa shape index (κ3) is 25.9. The Morgan fingerprint density at radius 1 is 0.565 bits per heavy atom. The van der Waals surface area contributed by atoms with Crippen molar-refractivity contribution in [3.63, 3.8) is 0 Å². The van der Waals surface area contributed by atoms with E-state index in [2.05, 4.69) is 25.7 Å². The Balaban J connectivity index is 2.11. The highest BCUT2D eigenvalue weighted by molar-refractivity contribution is 5.69. The van der Waals surface area contributed by atoms with Gasteiger partial charge in [-0.15, -0.1) is 0 Å². The number of aliphatic hydroxyl groups is 1. The average Bonchev–Trinajstić information content (AvgIpc) is 3.89. The number of aliphatic hydroxyl groups excluding tert-OH is 1. The van der Waals surface area contributed by atoms with E-state index in [1.54, 1.807) is 0 Å². The molecule has 1 fully saturated rings. The zero-order valence-corrected chi connectivity index (χ0v) is 30.9. The van der Waals surface area contributed by atoms with Crippen molar-refractivity contribution < 1.29 is 24.2 Å².